The predicted molar refractivity (Wildman–Crippen MR) is 158 cm³/mol. The molecule has 187 valence electrons. The van der Waals surface area contributed by atoms with Crippen LogP contribution < -0.4 is 5.46 Å². The van der Waals surface area contributed by atoms with Crippen molar-refractivity contribution in [3.8, 4) is 11.1 Å². The van der Waals surface area contributed by atoms with E-state index >= 15 is 0 Å². The molecule has 1 aliphatic rings. The Kier molecular flexibility index (Phi) is 5.83. The summed E-state index contributed by atoms with van der Waals surface area (Å²) in [6.45, 7) is 7.43. The van der Waals surface area contributed by atoms with Crippen molar-refractivity contribution in [3.63, 3.8) is 0 Å². The summed E-state index contributed by atoms with van der Waals surface area (Å²) in [6, 6.07) is 41.3. The average molecular weight is 495 g/mol. The average Bonchev–Trinajstić information content (AvgIpc) is 3.25. The molecule has 0 fully saturated rings. The second-order valence-electron chi connectivity index (χ2n) is 11.3. The van der Waals surface area contributed by atoms with E-state index in [0.717, 1.165) is 10.8 Å². The van der Waals surface area contributed by atoms with Crippen molar-refractivity contribution >= 4 is 23.7 Å². The molecule has 0 unspecified atom stereocenters. The Bertz CT molecular complexity index is 1580. The molecule has 0 saturated carbocycles. The lowest BCUT2D eigenvalue weighted by Crippen LogP contribution is -2.49. The highest BCUT2D eigenvalue weighted by atomic mass is 16.5. The molecule has 5 aromatic carbocycles. The smallest absolute Gasteiger partial charge is 0.331 e. The van der Waals surface area contributed by atoms with Gasteiger partial charge in [0.1, 0.15) is 0 Å². The van der Waals surface area contributed by atoms with Gasteiger partial charge < -0.3 is 9.76 Å². The van der Waals surface area contributed by atoms with Gasteiger partial charge in [-0.2, -0.15) is 0 Å². The number of aliphatic hydroxyl groups is 1. The number of fused-ring (bicyclic) bond motifs is 5. The molecule has 0 aliphatic heterocycles. The molecule has 0 amide bonds. The summed E-state index contributed by atoms with van der Waals surface area (Å²) >= 11 is 0. The second kappa shape index (κ2) is 8.98. The standard InChI is InChI=1S/C35H32BO2/c1-33(2,37)34(3,4)38-36-30-23-24-15-11-12-20-27(24)32-31(30)28-21-13-14-22-29(28)35(32,25-16-7-5-8-17-25)26-18-9-6-10-19-26/h5-23,37H,1-4H3. The monoisotopic (exact) mass is 495 g/mol. The molecule has 3 heteroatoms. The van der Waals surface area contributed by atoms with Crippen molar-refractivity contribution in [1.82, 2.24) is 0 Å². The molecule has 0 atom stereocenters. The van der Waals surface area contributed by atoms with E-state index in [4.69, 9.17) is 4.65 Å². The number of hydrogen-bond donors (Lipinski definition) is 1. The quantitative estimate of drug-likeness (QED) is 0.252. The van der Waals surface area contributed by atoms with Crippen LogP contribution in [0.2, 0.25) is 0 Å². The molecular formula is C35H32BO2. The van der Waals surface area contributed by atoms with Gasteiger partial charge in [-0.3, -0.25) is 0 Å². The van der Waals surface area contributed by atoms with Gasteiger partial charge in [-0.25, -0.2) is 0 Å². The van der Waals surface area contributed by atoms with Crippen LogP contribution in [0.15, 0.2) is 115 Å². The molecule has 5 aromatic rings. The van der Waals surface area contributed by atoms with E-state index in [1.54, 1.807) is 13.8 Å². The summed E-state index contributed by atoms with van der Waals surface area (Å²) in [7, 11) is 1.85. The maximum absolute atomic E-state index is 10.8. The summed E-state index contributed by atoms with van der Waals surface area (Å²) in [6.07, 6.45) is 0. The Labute approximate surface area is 226 Å². The molecule has 0 spiro atoms. The molecule has 6 rings (SSSR count). The summed E-state index contributed by atoms with van der Waals surface area (Å²) in [5.41, 5.74) is 6.11. The number of benzene rings is 5. The Morgan fingerprint density at radius 2 is 1.24 bits per heavy atom. The van der Waals surface area contributed by atoms with Gasteiger partial charge in [0.05, 0.1) is 16.6 Å². The van der Waals surface area contributed by atoms with Gasteiger partial charge >= 0.3 is 7.48 Å². The van der Waals surface area contributed by atoms with E-state index in [-0.39, 0.29) is 0 Å². The van der Waals surface area contributed by atoms with Crippen LogP contribution in [0.3, 0.4) is 0 Å². The Morgan fingerprint density at radius 1 is 0.684 bits per heavy atom. The number of rotatable bonds is 6. The van der Waals surface area contributed by atoms with Crippen LogP contribution >= 0.6 is 0 Å². The highest BCUT2D eigenvalue weighted by Crippen LogP contribution is 2.57. The number of hydrogen-bond acceptors (Lipinski definition) is 2. The predicted octanol–water partition coefficient (Wildman–Crippen LogP) is 7.01. The Hall–Kier alpha value is -3.66. The van der Waals surface area contributed by atoms with Crippen molar-refractivity contribution < 1.29 is 9.76 Å². The highest BCUT2D eigenvalue weighted by molar-refractivity contribution is 6.50. The van der Waals surface area contributed by atoms with Crippen molar-refractivity contribution in [3.05, 3.63) is 138 Å². The van der Waals surface area contributed by atoms with Crippen LogP contribution in [0.1, 0.15) is 49.9 Å². The van der Waals surface area contributed by atoms with Crippen LogP contribution in [0.5, 0.6) is 0 Å². The third-order valence-corrected chi connectivity index (χ3v) is 8.42. The molecule has 1 radical (unpaired) electrons. The van der Waals surface area contributed by atoms with E-state index in [2.05, 4.69) is 115 Å². The maximum atomic E-state index is 10.8. The van der Waals surface area contributed by atoms with Crippen molar-refractivity contribution in [2.75, 3.05) is 0 Å². The minimum absolute atomic E-state index is 0.496. The molecule has 0 bridgehead atoms. The van der Waals surface area contributed by atoms with Gasteiger partial charge in [-0.1, -0.05) is 115 Å². The highest BCUT2D eigenvalue weighted by Gasteiger charge is 2.48. The van der Waals surface area contributed by atoms with Crippen LogP contribution in [0, 0.1) is 0 Å². The molecule has 1 aliphatic carbocycles. The molecular weight excluding hydrogens is 463 g/mol. The lowest BCUT2D eigenvalue weighted by atomic mass is 9.66. The van der Waals surface area contributed by atoms with Gasteiger partial charge in [-0.05, 0) is 77.3 Å². The molecule has 0 saturated heterocycles. The fourth-order valence-electron chi connectivity index (χ4n) is 5.80. The zero-order valence-electron chi connectivity index (χ0n) is 22.4. The van der Waals surface area contributed by atoms with Gasteiger partial charge in [0.15, 0.2) is 0 Å². The summed E-state index contributed by atoms with van der Waals surface area (Å²) in [5.74, 6) is 0. The topological polar surface area (TPSA) is 29.5 Å². The van der Waals surface area contributed by atoms with E-state index in [1.807, 2.05) is 21.3 Å². The summed E-state index contributed by atoms with van der Waals surface area (Å²) in [5, 5.41) is 13.2. The minimum Gasteiger partial charge on any atom is -0.427 e. The SMILES string of the molecule is CC(C)(O)C(C)(C)O[B]c1cc2ccccc2c2c1-c1ccccc1C2(c1ccccc1)c1ccccc1. The third kappa shape index (κ3) is 3.65. The van der Waals surface area contributed by atoms with E-state index in [0.29, 0.717) is 0 Å². The normalized spacial score (nSPS) is 14.2. The fraction of sp³-hybridized carbons (Fsp3) is 0.200. The zero-order chi connectivity index (χ0) is 26.5. The van der Waals surface area contributed by atoms with Crippen molar-refractivity contribution in [1.29, 1.82) is 0 Å². The molecule has 2 nitrogen and oxygen atoms in total. The molecule has 1 N–H and O–H groups in total. The first-order valence-electron chi connectivity index (χ1n) is 13.3. The van der Waals surface area contributed by atoms with Crippen LogP contribution in [-0.2, 0) is 10.1 Å². The van der Waals surface area contributed by atoms with Gasteiger partial charge in [0.25, 0.3) is 0 Å². The second-order valence-corrected chi connectivity index (χ2v) is 11.3. The van der Waals surface area contributed by atoms with Gasteiger partial charge in [-0.15, -0.1) is 0 Å². The van der Waals surface area contributed by atoms with Gasteiger partial charge in [0.2, 0.25) is 0 Å². The van der Waals surface area contributed by atoms with Gasteiger partial charge in [0, 0.05) is 0 Å². The Balaban J connectivity index is 1.73. The maximum Gasteiger partial charge on any atom is 0.331 e. The first-order chi connectivity index (χ1) is 18.2. The van der Waals surface area contributed by atoms with E-state index in [1.165, 1.54) is 38.8 Å². The zero-order valence-corrected chi connectivity index (χ0v) is 22.4. The first-order valence-corrected chi connectivity index (χ1v) is 13.3. The van der Waals surface area contributed by atoms with Crippen molar-refractivity contribution in [2.45, 2.75) is 44.3 Å². The molecule has 0 heterocycles. The van der Waals surface area contributed by atoms with E-state index < -0.39 is 16.6 Å². The third-order valence-electron chi connectivity index (χ3n) is 8.42. The summed E-state index contributed by atoms with van der Waals surface area (Å²) in [4.78, 5) is 0. The minimum atomic E-state index is -1.01. The lowest BCUT2D eigenvalue weighted by molar-refractivity contribution is -0.0893. The van der Waals surface area contributed by atoms with Crippen molar-refractivity contribution in [2.24, 2.45) is 0 Å². The van der Waals surface area contributed by atoms with E-state index in [9.17, 15) is 5.11 Å². The lowest BCUT2D eigenvalue weighted by Gasteiger charge is -2.38. The Morgan fingerprint density at radius 3 is 1.87 bits per heavy atom. The summed E-state index contributed by atoms with van der Waals surface area (Å²) < 4.78 is 6.37. The van der Waals surface area contributed by atoms with Crippen LogP contribution in [-0.4, -0.2) is 23.8 Å². The fourth-order valence-corrected chi connectivity index (χ4v) is 5.80. The molecule has 0 aromatic heterocycles. The largest absolute Gasteiger partial charge is 0.427 e. The van der Waals surface area contributed by atoms with Crippen LogP contribution in [0.4, 0.5) is 0 Å². The van der Waals surface area contributed by atoms with Crippen LogP contribution in [0.25, 0.3) is 21.9 Å². The first kappa shape index (κ1) is 24.7. The molecule has 38 heavy (non-hydrogen) atoms.